The summed E-state index contributed by atoms with van der Waals surface area (Å²) in [5.41, 5.74) is -0.136. The average Bonchev–Trinajstić information content (AvgIpc) is 2.53. The van der Waals surface area contributed by atoms with Crippen LogP contribution in [0.2, 0.25) is 5.02 Å². The highest BCUT2D eigenvalue weighted by Gasteiger charge is 2.20. The van der Waals surface area contributed by atoms with E-state index in [1.165, 1.54) is 0 Å². The molecule has 0 unspecified atom stereocenters. The summed E-state index contributed by atoms with van der Waals surface area (Å²) in [4.78, 5) is 23.5. The Morgan fingerprint density at radius 2 is 1.75 bits per heavy atom. The molecule has 0 saturated carbocycles. The van der Waals surface area contributed by atoms with Crippen molar-refractivity contribution in [2.45, 2.75) is 13.0 Å². The lowest BCUT2D eigenvalue weighted by Crippen LogP contribution is -2.31. The molecule has 0 aromatic heterocycles. The molecule has 2 rings (SSSR count). The molecule has 24 heavy (non-hydrogen) atoms. The van der Waals surface area contributed by atoms with E-state index in [-0.39, 0.29) is 0 Å². The van der Waals surface area contributed by atoms with Crippen molar-refractivity contribution in [3.63, 3.8) is 0 Å². The van der Waals surface area contributed by atoms with Gasteiger partial charge in [-0.1, -0.05) is 35.9 Å². The molecule has 1 N–H and O–H groups in total. The van der Waals surface area contributed by atoms with Crippen molar-refractivity contribution >= 4 is 23.5 Å². The Hall–Kier alpha value is -2.47. The van der Waals surface area contributed by atoms with Gasteiger partial charge in [0.05, 0.1) is 6.04 Å². The van der Waals surface area contributed by atoms with Crippen LogP contribution in [0.3, 0.4) is 0 Å². The molecule has 0 aliphatic heterocycles. The summed E-state index contributed by atoms with van der Waals surface area (Å²) in [5.74, 6) is -3.96. The van der Waals surface area contributed by atoms with Crippen molar-refractivity contribution in [1.29, 1.82) is 0 Å². The van der Waals surface area contributed by atoms with Crippen LogP contribution < -0.4 is 5.32 Å². The molecule has 1 atom stereocenters. The van der Waals surface area contributed by atoms with Crippen LogP contribution in [0, 0.1) is 11.6 Å². The molecule has 126 valence electrons. The standard InChI is InChI=1S/C17H14ClF2NO3/c1-10(11-5-2-3-6-12(11)18)21-15(22)9-24-17(23)16-13(19)7-4-8-14(16)20/h2-8,10H,9H2,1H3,(H,21,22)/t10-/m0/s1. The average molecular weight is 354 g/mol. The fourth-order valence-corrected chi connectivity index (χ4v) is 2.38. The monoisotopic (exact) mass is 353 g/mol. The van der Waals surface area contributed by atoms with E-state index in [2.05, 4.69) is 10.1 Å². The molecular formula is C17H14ClF2NO3. The van der Waals surface area contributed by atoms with Crippen LogP contribution in [0.15, 0.2) is 42.5 Å². The first-order valence-corrected chi connectivity index (χ1v) is 7.43. The van der Waals surface area contributed by atoms with E-state index in [9.17, 15) is 18.4 Å². The van der Waals surface area contributed by atoms with Gasteiger partial charge >= 0.3 is 5.97 Å². The maximum absolute atomic E-state index is 13.4. The number of ether oxygens (including phenoxy) is 1. The van der Waals surface area contributed by atoms with E-state index in [0.717, 1.165) is 18.2 Å². The van der Waals surface area contributed by atoms with Crippen molar-refractivity contribution in [2.75, 3.05) is 6.61 Å². The van der Waals surface area contributed by atoms with Gasteiger partial charge in [0.25, 0.3) is 5.91 Å². The van der Waals surface area contributed by atoms with Crippen LogP contribution in [-0.4, -0.2) is 18.5 Å². The molecule has 1 amide bonds. The van der Waals surface area contributed by atoms with Gasteiger partial charge < -0.3 is 10.1 Å². The quantitative estimate of drug-likeness (QED) is 0.835. The van der Waals surface area contributed by atoms with Crippen molar-refractivity contribution in [2.24, 2.45) is 0 Å². The maximum Gasteiger partial charge on any atom is 0.344 e. The Bertz CT molecular complexity index is 747. The van der Waals surface area contributed by atoms with Gasteiger partial charge in [0.15, 0.2) is 6.61 Å². The van der Waals surface area contributed by atoms with Crippen LogP contribution in [0.5, 0.6) is 0 Å². The van der Waals surface area contributed by atoms with Crippen LogP contribution in [0.1, 0.15) is 28.9 Å². The maximum atomic E-state index is 13.4. The van der Waals surface area contributed by atoms with E-state index in [0.29, 0.717) is 10.6 Å². The van der Waals surface area contributed by atoms with Gasteiger partial charge in [-0.05, 0) is 30.7 Å². The molecule has 0 aliphatic carbocycles. The minimum Gasteiger partial charge on any atom is -0.452 e. The topological polar surface area (TPSA) is 55.4 Å². The molecule has 7 heteroatoms. The number of hydrogen-bond donors (Lipinski definition) is 1. The predicted molar refractivity (Wildman–Crippen MR) is 84.7 cm³/mol. The highest BCUT2D eigenvalue weighted by atomic mass is 35.5. The number of nitrogens with one attached hydrogen (secondary N) is 1. The van der Waals surface area contributed by atoms with Crippen LogP contribution in [-0.2, 0) is 9.53 Å². The highest BCUT2D eigenvalue weighted by molar-refractivity contribution is 6.31. The van der Waals surface area contributed by atoms with Crippen molar-refractivity contribution in [3.05, 3.63) is 70.2 Å². The largest absolute Gasteiger partial charge is 0.452 e. The summed E-state index contributed by atoms with van der Waals surface area (Å²) in [7, 11) is 0. The van der Waals surface area contributed by atoms with Crippen molar-refractivity contribution < 1.29 is 23.1 Å². The molecule has 0 fully saturated rings. The molecule has 0 saturated heterocycles. The number of amides is 1. The Balaban J connectivity index is 1.94. The molecule has 0 bridgehead atoms. The summed E-state index contributed by atoms with van der Waals surface area (Å²) in [6.45, 7) is 1.04. The zero-order valence-electron chi connectivity index (χ0n) is 12.7. The van der Waals surface area contributed by atoms with Gasteiger partial charge in [-0.25, -0.2) is 13.6 Å². The van der Waals surface area contributed by atoms with Crippen LogP contribution in [0.25, 0.3) is 0 Å². The Labute approximate surface area is 142 Å². The van der Waals surface area contributed by atoms with Gasteiger partial charge in [-0.3, -0.25) is 4.79 Å². The molecule has 0 radical (unpaired) electrons. The highest BCUT2D eigenvalue weighted by Crippen LogP contribution is 2.22. The molecule has 0 spiro atoms. The van der Waals surface area contributed by atoms with Gasteiger partial charge in [0.2, 0.25) is 0 Å². The summed E-state index contributed by atoms with van der Waals surface area (Å²) in [5, 5.41) is 3.07. The van der Waals surface area contributed by atoms with E-state index >= 15 is 0 Å². The fraction of sp³-hybridized carbons (Fsp3) is 0.176. The van der Waals surface area contributed by atoms with Crippen LogP contribution >= 0.6 is 11.6 Å². The Morgan fingerprint density at radius 1 is 1.12 bits per heavy atom. The molecule has 4 nitrogen and oxygen atoms in total. The molecular weight excluding hydrogens is 340 g/mol. The zero-order chi connectivity index (χ0) is 17.7. The number of rotatable bonds is 5. The van der Waals surface area contributed by atoms with Crippen molar-refractivity contribution in [1.82, 2.24) is 5.32 Å². The minimum atomic E-state index is -1.24. The third-order valence-corrected chi connectivity index (χ3v) is 3.59. The van der Waals surface area contributed by atoms with E-state index < -0.39 is 41.7 Å². The van der Waals surface area contributed by atoms with Crippen molar-refractivity contribution in [3.8, 4) is 0 Å². The zero-order valence-corrected chi connectivity index (χ0v) is 13.4. The molecule has 2 aromatic rings. The van der Waals surface area contributed by atoms with E-state index in [1.807, 2.05) is 0 Å². The SMILES string of the molecule is C[C@H](NC(=O)COC(=O)c1c(F)cccc1F)c1ccccc1Cl. The fourth-order valence-electron chi connectivity index (χ4n) is 2.08. The first kappa shape index (κ1) is 17.9. The van der Waals surface area contributed by atoms with E-state index in [4.69, 9.17) is 11.6 Å². The summed E-state index contributed by atoms with van der Waals surface area (Å²) < 4.78 is 31.5. The summed E-state index contributed by atoms with van der Waals surface area (Å²) >= 11 is 6.02. The molecule has 0 heterocycles. The minimum absolute atomic E-state index is 0.421. The number of hydrogen-bond acceptors (Lipinski definition) is 3. The summed E-state index contributed by atoms with van der Waals surface area (Å²) in [6.07, 6.45) is 0. The first-order chi connectivity index (χ1) is 11.4. The van der Waals surface area contributed by atoms with Gasteiger partial charge in [-0.2, -0.15) is 0 Å². The second-order valence-corrected chi connectivity index (χ2v) is 5.39. The van der Waals surface area contributed by atoms with E-state index in [1.54, 1.807) is 31.2 Å². The Kier molecular flexibility index (Phi) is 5.87. The van der Waals surface area contributed by atoms with Gasteiger partial charge in [0.1, 0.15) is 17.2 Å². The number of esters is 1. The number of carbonyl (C=O) groups excluding carboxylic acids is 2. The lowest BCUT2D eigenvalue weighted by Gasteiger charge is -2.15. The first-order valence-electron chi connectivity index (χ1n) is 7.05. The third kappa shape index (κ3) is 4.29. The Morgan fingerprint density at radius 3 is 2.38 bits per heavy atom. The second kappa shape index (κ2) is 7.88. The lowest BCUT2D eigenvalue weighted by atomic mass is 10.1. The van der Waals surface area contributed by atoms with Crippen LogP contribution in [0.4, 0.5) is 8.78 Å². The predicted octanol–water partition coefficient (Wildman–Crippen LogP) is 3.65. The summed E-state index contributed by atoms with van der Waals surface area (Å²) in [6, 6.07) is 9.51. The second-order valence-electron chi connectivity index (χ2n) is 4.98. The molecule has 2 aromatic carbocycles. The smallest absolute Gasteiger partial charge is 0.344 e. The molecule has 0 aliphatic rings. The van der Waals surface area contributed by atoms with Gasteiger partial charge in [-0.15, -0.1) is 0 Å². The number of benzene rings is 2. The number of carbonyl (C=O) groups is 2. The number of halogens is 3. The normalized spacial score (nSPS) is 11.7. The van der Waals surface area contributed by atoms with Gasteiger partial charge in [0, 0.05) is 5.02 Å². The third-order valence-electron chi connectivity index (χ3n) is 3.25. The lowest BCUT2D eigenvalue weighted by molar-refractivity contribution is -0.124.